The lowest BCUT2D eigenvalue weighted by atomic mass is 10.3. The number of anilines is 1. The smallest absolute Gasteiger partial charge is 0.153 e. The molecule has 82 valence electrons. The lowest BCUT2D eigenvalue weighted by molar-refractivity contribution is 0.281. The van der Waals surface area contributed by atoms with Crippen molar-refractivity contribution in [3.8, 4) is 0 Å². The molecule has 1 aromatic heterocycles. The maximum absolute atomic E-state index is 9.07. The SMILES string of the molecule is CC/C=C/c1ncc(CO)c(NCC)n1. The third kappa shape index (κ3) is 3.32. The average molecular weight is 207 g/mol. The van der Waals surface area contributed by atoms with Gasteiger partial charge >= 0.3 is 0 Å². The van der Waals surface area contributed by atoms with Gasteiger partial charge in [0.05, 0.1) is 6.61 Å². The van der Waals surface area contributed by atoms with Gasteiger partial charge in [-0.2, -0.15) is 0 Å². The summed E-state index contributed by atoms with van der Waals surface area (Å²) in [4.78, 5) is 8.43. The van der Waals surface area contributed by atoms with Gasteiger partial charge in [-0.1, -0.05) is 13.0 Å². The molecule has 0 radical (unpaired) electrons. The molecule has 1 rings (SSSR count). The van der Waals surface area contributed by atoms with Crippen LogP contribution in [0.5, 0.6) is 0 Å². The molecule has 0 fully saturated rings. The van der Waals surface area contributed by atoms with Crippen LogP contribution in [0.3, 0.4) is 0 Å². The number of rotatable bonds is 5. The molecule has 0 aromatic carbocycles. The number of aromatic nitrogens is 2. The Kier molecular flexibility index (Phi) is 4.77. The minimum absolute atomic E-state index is 0.0416. The summed E-state index contributed by atoms with van der Waals surface area (Å²) in [5.41, 5.74) is 0.727. The molecule has 1 aromatic rings. The summed E-state index contributed by atoms with van der Waals surface area (Å²) in [6.45, 7) is 4.79. The van der Waals surface area contributed by atoms with E-state index in [1.165, 1.54) is 0 Å². The van der Waals surface area contributed by atoms with E-state index in [9.17, 15) is 0 Å². The zero-order chi connectivity index (χ0) is 11.1. The number of aliphatic hydroxyl groups is 1. The molecule has 0 aliphatic carbocycles. The predicted molar refractivity (Wildman–Crippen MR) is 61.4 cm³/mol. The van der Waals surface area contributed by atoms with E-state index in [0.29, 0.717) is 11.6 Å². The molecule has 0 amide bonds. The van der Waals surface area contributed by atoms with Crippen molar-refractivity contribution in [3.63, 3.8) is 0 Å². The van der Waals surface area contributed by atoms with Gasteiger partial charge in [0.25, 0.3) is 0 Å². The lowest BCUT2D eigenvalue weighted by Gasteiger charge is -2.07. The van der Waals surface area contributed by atoms with Gasteiger partial charge in [-0.25, -0.2) is 9.97 Å². The summed E-state index contributed by atoms with van der Waals surface area (Å²) in [7, 11) is 0. The van der Waals surface area contributed by atoms with Crippen molar-refractivity contribution in [1.29, 1.82) is 0 Å². The van der Waals surface area contributed by atoms with E-state index in [2.05, 4.69) is 22.2 Å². The van der Waals surface area contributed by atoms with Crippen LogP contribution in [0.15, 0.2) is 12.3 Å². The Labute approximate surface area is 90.1 Å². The molecule has 0 saturated heterocycles. The van der Waals surface area contributed by atoms with Crippen molar-refractivity contribution in [1.82, 2.24) is 9.97 Å². The van der Waals surface area contributed by atoms with Gasteiger partial charge < -0.3 is 10.4 Å². The van der Waals surface area contributed by atoms with Crippen molar-refractivity contribution >= 4 is 11.9 Å². The first-order valence-electron chi connectivity index (χ1n) is 5.19. The van der Waals surface area contributed by atoms with E-state index in [-0.39, 0.29) is 6.61 Å². The van der Waals surface area contributed by atoms with Crippen LogP contribution >= 0.6 is 0 Å². The largest absolute Gasteiger partial charge is 0.391 e. The van der Waals surface area contributed by atoms with Crippen LogP contribution in [0.4, 0.5) is 5.82 Å². The fourth-order valence-electron chi connectivity index (χ4n) is 1.16. The fraction of sp³-hybridized carbons (Fsp3) is 0.455. The number of nitrogens with one attached hydrogen (secondary N) is 1. The molecule has 4 nitrogen and oxygen atoms in total. The predicted octanol–water partition coefficient (Wildman–Crippen LogP) is 1.82. The second-order valence-electron chi connectivity index (χ2n) is 3.10. The molecule has 15 heavy (non-hydrogen) atoms. The summed E-state index contributed by atoms with van der Waals surface area (Å²) >= 11 is 0. The topological polar surface area (TPSA) is 58.0 Å². The second-order valence-corrected chi connectivity index (χ2v) is 3.10. The minimum atomic E-state index is -0.0416. The Bertz CT molecular complexity index is 337. The average Bonchev–Trinajstić information content (AvgIpc) is 2.27. The Morgan fingerprint density at radius 3 is 2.87 bits per heavy atom. The van der Waals surface area contributed by atoms with Crippen molar-refractivity contribution < 1.29 is 5.11 Å². The maximum atomic E-state index is 9.07. The highest BCUT2D eigenvalue weighted by atomic mass is 16.3. The Hall–Kier alpha value is -1.42. The van der Waals surface area contributed by atoms with Gasteiger partial charge in [0.15, 0.2) is 5.82 Å². The molecule has 0 saturated carbocycles. The first kappa shape index (κ1) is 11.7. The Morgan fingerprint density at radius 2 is 2.27 bits per heavy atom. The van der Waals surface area contributed by atoms with Crippen LogP contribution in [0.25, 0.3) is 6.08 Å². The third-order valence-electron chi connectivity index (χ3n) is 1.90. The minimum Gasteiger partial charge on any atom is -0.391 e. The van der Waals surface area contributed by atoms with Gasteiger partial charge in [0.1, 0.15) is 5.82 Å². The van der Waals surface area contributed by atoms with Crippen LogP contribution in [0, 0.1) is 0 Å². The summed E-state index contributed by atoms with van der Waals surface area (Å²) < 4.78 is 0. The zero-order valence-electron chi connectivity index (χ0n) is 9.20. The molecule has 0 unspecified atom stereocenters. The van der Waals surface area contributed by atoms with Crippen LogP contribution in [0.1, 0.15) is 31.7 Å². The van der Waals surface area contributed by atoms with Crippen LogP contribution < -0.4 is 5.32 Å². The van der Waals surface area contributed by atoms with Crippen molar-refractivity contribution in [2.45, 2.75) is 26.9 Å². The molecule has 0 aliphatic heterocycles. The molecular formula is C11H17N3O. The number of hydrogen-bond acceptors (Lipinski definition) is 4. The van der Waals surface area contributed by atoms with E-state index in [1.807, 2.05) is 19.1 Å². The molecular weight excluding hydrogens is 190 g/mol. The van der Waals surface area contributed by atoms with E-state index in [1.54, 1.807) is 6.20 Å². The van der Waals surface area contributed by atoms with E-state index < -0.39 is 0 Å². The molecule has 0 bridgehead atoms. The van der Waals surface area contributed by atoms with Crippen molar-refractivity contribution in [2.24, 2.45) is 0 Å². The quantitative estimate of drug-likeness (QED) is 0.773. The number of aliphatic hydroxyl groups excluding tert-OH is 1. The van der Waals surface area contributed by atoms with Gasteiger partial charge in [-0.15, -0.1) is 0 Å². The number of hydrogen-bond donors (Lipinski definition) is 2. The summed E-state index contributed by atoms with van der Waals surface area (Å²) in [5, 5.41) is 12.2. The zero-order valence-corrected chi connectivity index (χ0v) is 9.20. The highest BCUT2D eigenvalue weighted by Gasteiger charge is 2.03. The van der Waals surface area contributed by atoms with Crippen molar-refractivity contribution in [3.05, 3.63) is 23.7 Å². The Morgan fingerprint density at radius 1 is 1.47 bits per heavy atom. The molecule has 0 spiro atoms. The fourth-order valence-corrected chi connectivity index (χ4v) is 1.16. The highest BCUT2D eigenvalue weighted by Crippen LogP contribution is 2.11. The van der Waals surface area contributed by atoms with E-state index in [0.717, 1.165) is 18.5 Å². The Balaban J connectivity index is 2.93. The second kappa shape index (κ2) is 6.14. The molecule has 0 atom stereocenters. The lowest BCUT2D eigenvalue weighted by Crippen LogP contribution is -2.05. The van der Waals surface area contributed by atoms with E-state index in [4.69, 9.17) is 5.11 Å². The van der Waals surface area contributed by atoms with Crippen LogP contribution in [-0.2, 0) is 6.61 Å². The van der Waals surface area contributed by atoms with Gasteiger partial charge in [0.2, 0.25) is 0 Å². The summed E-state index contributed by atoms with van der Waals surface area (Å²) in [5.74, 6) is 1.38. The van der Waals surface area contributed by atoms with Gasteiger partial charge in [-0.3, -0.25) is 0 Å². The summed E-state index contributed by atoms with van der Waals surface area (Å²) in [6, 6.07) is 0. The molecule has 1 heterocycles. The first-order chi connectivity index (χ1) is 7.31. The molecule has 4 heteroatoms. The standard InChI is InChI=1S/C11H17N3O/c1-3-5-6-10-13-7-9(8-15)11(14-10)12-4-2/h5-7,15H,3-4,8H2,1-2H3,(H,12,13,14)/b6-5+. The third-order valence-corrected chi connectivity index (χ3v) is 1.90. The number of nitrogens with zero attached hydrogens (tertiary/aromatic N) is 2. The van der Waals surface area contributed by atoms with E-state index >= 15 is 0 Å². The van der Waals surface area contributed by atoms with Crippen LogP contribution in [0.2, 0.25) is 0 Å². The van der Waals surface area contributed by atoms with Gasteiger partial charge in [-0.05, 0) is 19.4 Å². The highest BCUT2D eigenvalue weighted by molar-refractivity contribution is 5.48. The van der Waals surface area contributed by atoms with Gasteiger partial charge in [0, 0.05) is 18.3 Å². The van der Waals surface area contributed by atoms with Crippen LogP contribution in [-0.4, -0.2) is 21.6 Å². The maximum Gasteiger partial charge on any atom is 0.153 e. The summed E-state index contributed by atoms with van der Waals surface area (Å²) in [6.07, 6.45) is 6.49. The number of allylic oxidation sites excluding steroid dienone is 1. The molecule has 2 N–H and O–H groups in total. The molecule has 0 aliphatic rings. The van der Waals surface area contributed by atoms with Crippen molar-refractivity contribution in [2.75, 3.05) is 11.9 Å². The first-order valence-corrected chi connectivity index (χ1v) is 5.19. The monoisotopic (exact) mass is 207 g/mol. The normalized spacial score (nSPS) is 10.9.